The zero-order chi connectivity index (χ0) is 11.5. The number of halogens is 1. The molecule has 0 saturated heterocycles. The molecule has 4 heteroatoms. The van der Waals surface area contributed by atoms with Crippen molar-refractivity contribution in [1.82, 2.24) is 4.98 Å². The summed E-state index contributed by atoms with van der Waals surface area (Å²) < 4.78 is 0. The Labute approximate surface area is 102 Å². The van der Waals surface area contributed by atoms with Gasteiger partial charge in [0.15, 0.2) is 0 Å². The first kappa shape index (κ1) is 11.7. The van der Waals surface area contributed by atoms with E-state index >= 15 is 0 Å². The van der Waals surface area contributed by atoms with Gasteiger partial charge in [0.1, 0.15) is 5.82 Å². The maximum atomic E-state index is 6.19. The third kappa shape index (κ3) is 2.47. The summed E-state index contributed by atoms with van der Waals surface area (Å²) in [5.74, 6) is 1.68. The molecule has 0 unspecified atom stereocenters. The molecule has 88 valence electrons. The number of nitrogens with zero attached hydrogens (tertiary/aromatic N) is 2. The SMILES string of the molecule is CN(CC1CCC1)c1ncc(CN)cc1Cl. The fraction of sp³-hybridized carbons (Fsp3) is 0.583. The van der Waals surface area contributed by atoms with Gasteiger partial charge in [0.2, 0.25) is 0 Å². The quantitative estimate of drug-likeness (QED) is 0.878. The average molecular weight is 240 g/mol. The summed E-state index contributed by atoms with van der Waals surface area (Å²) in [4.78, 5) is 6.52. The number of nitrogens with two attached hydrogens (primary N) is 1. The highest BCUT2D eigenvalue weighted by Gasteiger charge is 2.20. The van der Waals surface area contributed by atoms with Crippen LogP contribution in [0.3, 0.4) is 0 Å². The largest absolute Gasteiger partial charge is 0.358 e. The second-order valence-corrected chi connectivity index (χ2v) is 4.94. The molecule has 1 saturated carbocycles. The van der Waals surface area contributed by atoms with E-state index in [-0.39, 0.29) is 0 Å². The zero-order valence-corrected chi connectivity index (χ0v) is 10.4. The van der Waals surface area contributed by atoms with Crippen molar-refractivity contribution in [3.8, 4) is 0 Å². The molecular weight excluding hydrogens is 222 g/mol. The van der Waals surface area contributed by atoms with Crippen LogP contribution in [0, 0.1) is 5.92 Å². The lowest BCUT2D eigenvalue weighted by Gasteiger charge is -2.31. The lowest BCUT2D eigenvalue weighted by molar-refractivity contribution is 0.321. The van der Waals surface area contributed by atoms with E-state index in [9.17, 15) is 0 Å². The predicted molar refractivity (Wildman–Crippen MR) is 67.7 cm³/mol. The molecule has 0 bridgehead atoms. The van der Waals surface area contributed by atoms with Crippen LogP contribution in [0.5, 0.6) is 0 Å². The molecule has 16 heavy (non-hydrogen) atoms. The molecule has 1 aromatic heterocycles. The lowest BCUT2D eigenvalue weighted by atomic mass is 9.85. The molecule has 2 N–H and O–H groups in total. The van der Waals surface area contributed by atoms with E-state index in [1.807, 2.05) is 6.07 Å². The number of rotatable bonds is 4. The minimum Gasteiger partial charge on any atom is -0.358 e. The first-order valence-electron chi connectivity index (χ1n) is 5.76. The van der Waals surface area contributed by atoms with Gasteiger partial charge in [-0.2, -0.15) is 0 Å². The maximum Gasteiger partial charge on any atom is 0.147 e. The van der Waals surface area contributed by atoms with Gasteiger partial charge in [-0.05, 0) is 30.4 Å². The Balaban J connectivity index is 2.06. The molecule has 1 aliphatic rings. The molecule has 2 rings (SSSR count). The van der Waals surface area contributed by atoms with E-state index in [1.165, 1.54) is 19.3 Å². The Morgan fingerprint density at radius 1 is 1.56 bits per heavy atom. The van der Waals surface area contributed by atoms with Crippen LogP contribution in [0.25, 0.3) is 0 Å². The van der Waals surface area contributed by atoms with Crippen molar-refractivity contribution in [2.45, 2.75) is 25.8 Å². The van der Waals surface area contributed by atoms with Gasteiger partial charge < -0.3 is 10.6 Å². The second-order valence-electron chi connectivity index (χ2n) is 4.53. The summed E-state index contributed by atoms with van der Waals surface area (Å²) in [5.41, 5.74) is 6.52. The molecule has 0 aliphatic heterocycles. The van der Waals surface area contributed by atoms with Crippen LogP contribution in [0.4, 0.5) is 5.82 Å². The van der Waals surface area contributed by atoms with Crippen molar-refractivity contribution in [3.63, 3.8) is 0 Å². The standard InChI is InChI=1S/C12H18ClN3/c1-16(8-9-3-2-4-9)12-11(13)5-10(6-14)7-15-12/h5,7,9H,2-4,6,8,14H2,1H3. The van der Waals surface area contributed by atoms with Gasteiger partial charge in [0, 0.05) is 26.3 Å². The Bertz CT molecular complexity index is 363. The first-order valence-corrected chi connectivity index (χ1v) is 6.14. The fourth-order valence-electron chi connectivity index (χ4n) is 2.01. The van der Waals surface area contributed by atoms with Crippen molar-refractivity contribution < 1.29 is 0 Å². The van der Waals surface area contributed by atoms with Crippen LogP contribution >= 0.6 is 11.6 Å². The number of pyridine rings is 1. The summed E-state index contributed by atoms with van der Waals surface area (Å²) in [6.45, 7) is 1.54. The van der Waals surface area contributed by atoms with Gasteiger partial charge >= 0.3 is 0 Å². The van der Waals surface area contributed by atoms with Gasteiger partial charge in [0.05, 0.1) is 5.02 Å². The van der Waals surface area contributed by atoms with Crippen LogP contribution < -0.4 is 10.6 Å². The number of anilines is 1. The van der Waals surface area contributed by atoms with Gasteiger partial charge in [-0.1, -0.05) is 18.0 Å². The molecule has 0 spiro atoms. The van der Waals surface area contributed by atoms with Crippen molar-refractivity contribution in [3.05, 3.63) is 22.8 Å². The smallest absolute Gasteiger partial charge is 0.147 e. The summed E-state index contributed by atoms with van der Waals surface area (Å²) in [7, 11) is 2.05. The highest BCUT2D eigenvalue weighted by Crippen LogP contribution is 2.30. The molecule has 1 heterocycles. The van der Waals surface area contributed by atoms with E-state index in [4.69, 9.17) is 17.3 Å². The highest BCUT2D eigenvalue weighted by atomic mass is 35.5. The third-order valence-corrected chi connectivity index (χ3v) is 3.51. The van der Waals surface area contributed by atoms with Crippen LogP contribution in [0.2, 0.25) is 5.02 Å². The van der Waals surface area contributed by atoms with Crippen molar-refractivity contribution in [2.24, 2.45) is 11.7 Å². The van der Waals surface area contributed by atoms with Crippen molar-refractivity contribution >= 4 is 17.4 Å². The zero-order valence-electron chi connectivity index (χ0n) is 9.62. The van der Waals surface area contributed by atoms with Crippen molar-refractivity contribution in [2.75, 3.05) is 18.5 Å². The maximum absolute atomic E-state index is 6.19. The van der Waals surface area contributed by atoms with E-state index in [0.29, 0.717) is 11.6 Å². The second kappa shape index (κ2) is 5.02. The van der Waals surface area contributed by atoms with Crippen LogP contribution in [-0.4, -0.2) is 18.6 Å². The van der Waals surface area contributed by atoms with Gasteiger partial charge in [-0.3, -0.25) is 0 Å². The van der Waals surface area contributed by atoms with E-state index in [2.05, 4.69) is 16.9 Å². The Kier molecular flexibility index (Phi) is 3.66. The summed E-state index contributed by atoms with van der Waals surface area (Å²) >= 11 is 6.19. The average Bonchev–Trinajstić information content (AvgIpc) is 2.23. The lowest BCUT2D eigenvalue weighted by Crippen LogP contribution is -2.30. The molecule has 1 aromatic rings. The molecule has 1 fully saturated rings. The normalized spacial score (nSPS) is 15.9. The molecule has 0 radical (unpaired) electrons. The van der Waals surface area contributed by atoms with Gasteiger partial charge in [-0.15, -0.1) is 0 Å². The summed E-state index contributed by atoms with van der Waals surface area (Å²) in [5, 5.41) is 0.699. The van der Waals surface area contributed by atoms with Crippen LogP contribution in [-0.2, 0) is 6.54 Å². The Morgan fingerprint density at radius 2 is 2.31 bits per heavy atom. The topological polar surface area (TPSA) is 42.2 Å². The highest BCUT2D eigenvalue weighted by molar-refractivity contribution is 6.33. The third-order valence-electron chi connectivity index (χ3n) is 3.23. The molecule has 1 aliphatic carbocycles. The van der Waals surface area contributed by atoms with E-state index in [0.717, 1.165) is 23.8 Å². The molecule has 0 atom stereocenters. The molecule has 0 amide bonds. The number of aromatic nitrogens is 1. The molecular formula is C12H18ClN3. The fourth-order valence-corrected chi connectivity index (χ4v) is 2.35. The number of hydrogen-bond acceptors (Lipinski definition) is 3. The van der Waals surface area contributed by atoms with E-state index in [1.54, 1.807) is 6.20 Å². The predicted octanol–water partition coefficient (Wildman–Crippen LogP) is 2.43. The molecule has 0 aromatic carbocycles. The van der Waals surface area contributed by atoms with Gasteiger partial charge in [0.25, 0.3) is 0 Å². The Hall–Kier alpha value is -0.800. The van der Waals surface area contributed by atoms with E-state index < -0.39 is 0 Å². The van der Waals surface area contributed by atoms with Crippen LogP contribution in [0.1, 0.15) is 24.8 Å². The monoisotopic (exact) mass is 239 g/mol. The minimum absolute atomic E-state index is 0.485. The van der Waals surface area contributed by atoms with Crippen molar-refractivity contribution in [1.29, 1.82) is 0 Å². The number of hydrogen-bond donors (Lipinski definition) is 1. The Morgan fingerprint density at radius 3 is 2.81 bits per heavy atom. The van der Waals surface area contributed by atoms with Crippen LogP contribution in [0.15, 0.2) is 12.3 Å². The van der Waals surface area contributed by atoms with Gasteiger partial charge in [-0.25, -0.2) is 4.98 Å². The summed E-state index contributed by atoms with van der Waals surface area (Å²) in [6, 6.07) is 1.90. The molecule has 3 nitrogen and oxygen atoms in total. The minimum atomic E-state index is 0.485. The summed E-state index contributed by atoms with van der Waals surface area (Å²) in [6.07, 6.45) is 5.84. The first-order chi connectivity index (χ1) is 7.70.